The van der Waals surface area contributed by atoms with E-state index in [-0.39, 0.29) is 16.9 Å². The first-order chi connectivity index (χ1) is 13.2. The summed E-state index contributed by atoms with van der Waals surface area (Å²) in [4.78, 5) is 23.8. The van der Waals surface area contributed by atoms with E-state index in [2.05, 4.69) is 16.0 Å². The van der Waals surface area contributed by atoms with Crippen molar-refractivity contribution < 1.29 is 9.59 Å². The van der Waals surface area contributed by atoms with Crippen molar-refractivity contribution in [2.75, 3.05) is 10.6 Å². The smallest absolute Gasteiger partial charge is 0.250 e. The van der Waals surface area contributed by atoms with Crippen molar-refractivity contribution in [3.05, 3.63) is 64.1 Å². The molecule has 2 rings (SSSR count). The number of hydrogen-bond donors (Lipinski definition) is 3. The molecule has 8 heteroatoms. The van der Waals surface area contributed by atoms with Crippen molar-refractivity contribution in [2.45, 2.75) is 13.8 Å². The third-order valence-corrected chi connectivity index (χ3v) is 4.29. The van der Waals surface area contributed by atoms with Crippen molar-refractivity contribution in [2.24, 2.45) is 5.92 Å². The largest absolute Gasteiger partial charge is 0.332 e. The molecule has 2 aromatic carbocycles. The zero-order valence-electron chi connectivity index (χ0n) is 15.3. The molecule has 2 amide bonds. The average molecular weight is 436 g/mol. The van der Waals surface area contributed by atoms with E-state index in [4.69, 9.17) is 35.4 Å². The molecule has 0 atom stereocenters. The minimum Gasteiger partial charge on any atom is -0.332 e. The number of halogens is 2. The molecule has 0 heterocycles. The summed E-state index contributed by atoms with van der Waals surface area (Å²) >= 11 is 17.1. The van der Waals surface area contributed by atoms with Gasteiger partial charge in [0.2, 0.25) is 11.8 Å². The van der Waals surface area contributed by atoms with Gasteiger partial charge in [-0.15, -0.1) is 0 Å². The SMILES string of the molecule is CC(C)C(=O)Nc1cccc(NC(=S)NC(=O)C=Cc2ccc(Cl)cc2Cl)c1. The van der Waals surface area contributed by atoms with E-state index in [1.54, 1.807) is 48.5 Å². The van der Waals surface area contributed by atoms with Crippen LogP contribution in [-0.4, -0.2) is 16.9 Å². The van der Waals surface area contributed by atoms with Gasteiger partial charge in [0.05, 0.1) is 0 Å². The quantitative estimate of drug-likeness (QED) is 0.450. The summed E-state index contributed by atoms with van der Waals surface area (Å²) < 4.78 is 0. The Balaban J connectivity index is 1.93. The molecule has 0 saturated heterocycles. The lowest BCUT2D eigenvalue weighted by Gasteiger charge is -2.11. The fourth-order valence-corrected chi connectivity index (χ4v) is 2.77. The lowest BCUT2D eigenvalue weighted by molar-refractivity contribution is -0.119. The van der Waals surface area contributed by atoms with Crippen LogP contribution < -0.4 is 16.0 Å². The number of nitrogens with one attached hydrogen (secondary N) is 3. The summed E-state index contributed by atoms with van der Waals surface area (Å²) in [5, 5.41) is 9.34. The Bertz CT molecular complexity index is 929. The van der Waals surface area contributed by atoms with Gasteiger partial charge in [0, 0.05) is 33.4 Å². The zero-order chi connectivity index (χ0) is 20.7. The zero-order valence-corrected chi connectivity index (χ0v) is 17.6. The summed E-state index contributed by atoms with van der Waals surface area (Å²) in [6.45, 7) is 3.62. The Morgan fingerprint density at radius 3 is 2.36 bits per heavy atom. The van der Waals surface area contributed by atoms with Gasteiger partial charge in [-0.2, -0.15) is 0 Å². The first kappa shape index (κ1) is 21.9. The fourth-order valence-electron chi connectivity index (χ4n) is 2.08. The van der Waals surface area contributed by atoms with Crippen LogP contribution in [0.1, 0.15) is 19.4 Å². The molecule has 0 bridgehead atoms. The maximum Gasteiger partial charge on any atom is 0.250 e. The number of benzene rings is 2. The van der Waals surface area contributed by atoms with E-state index in [9.17, 15) is 9.59 Å². The summed E-state index contributed by atoms with van der Waals surface area (Å²) in [6.07, 6.45) is 2.89. The minimum absolute atomic E-state index is 0.0842. The molecule has 0 radical (unpaired) electrons. The van der Waals surface area contributed by atoms with Gasteiger partial charge in [-0.25, -0.2) is 0 Å². The number of carbonyl (C=O) groups is 2. The van der Waals surface area contributed by atoms with E-state index in [1.807, 2.05) is 13.8 Å². The van der Waals surface area contributed by atoms with Gasteiger partial charge in [0.1, 0.15) is 0 Å². The van der Waals surface area contributed by atoms with Crippen molar-refractivity contribution in [3.8, 4) is 0 Å². The van der Waals surface area contributed by atoms with Crippen LogP contribution in [0, 0.1) is 5.92 Å². The monoisotopic (exact) mass is 435 g/mol. The number of anilines is 2. The molecule has 2 aromatic rings. The van der Waals surface area contributed by atoms with E-state index in [1.165, 1.54) is 6.08 Å². The van der Waals surface area contributed by atoms with Crippen LogP contribution in [-0.2, 0) is 9.59 Å². The predicted octanol–water partition coefficient (Wildman–Crippen LogP) is 5.11. The standard InChI is InChI=1S/C20H19Cl2N3O2S/c1-12(2)19(27)23-15-4-3-5-16(11-15)24-20(28)25-18(26)9-7-13-6-8-14(21)10-17(13)22/h3-12H,1-2H3,(H,23,27)(H2,24,25,26,28). The van der Waals surface area contributed by atoms with Crippen LogP contribution in [0.2, 0.25) is 10.0 Å². The van der Waals surface area contributed by atoms with Gasteiger partial charge in [-0.3, -0.25) is 14.9 Å². The van der Waals surface area contributed by atoms with Crippen LogP contribution in [0.15, 0.2) is 48.5 Å². The number of carbonyl (C=O) groups excluding carboxylic acids is 2. The molecule has 28 heavy (non-hydrogen) atoms. The molecule has 3 N–H and O–H groups in total. The first-order valence-corrected chi connectivity index (χ1v) is 9.57. The molecular formula is C20H19Cl2N3O2S. The molecule has 0 saturated carbocycles. The van der Waals surface area contributed by atoms with Gasteiger partial charge < -0.3 is 10.6 Å². The van der Waals surface area contributed by atoms with Gasteiger partial charge in [-0.1, -0.05) is 49.2 Å². The first-order valence-electron chi connectivity index (χ1n) is 8.40. The van der Waals surface area contributed by atoms with E-state index in [0.29, 0.717) is 27.0 Å². The summed E-state index contributed by atoms with van der Waals surface area (Å²) in [5.74, 6) is -0.621. The molecule has 5 nitrogen and oxygen atoms in total. The molecule has 0 aliphatic rings. The average Bonchev–Trinajstić information content (AvgIpc) is 2.61. The van der Waals surface area contributed by atoms with Crippen molar-refractivity contribution >= 4 is 69.8 Å². The van der Waals surface area contributed by atoms with Crippen molar-refractivity contribution in [3.63, 3.8) is 0 Å². The lowest BCUT2D eigenvalue weighted by atomic mass is 10.2. The molecule has 0 fully saturated rings. The summed E-state index contributed by atoms with van der Waals surface area (Å²) in [5.41, 5.74) is 1.93. The number of thiocarbonyl (C=S) groups is 1. The van der Waals surface area contributed by atoms with Gasteiger partial charge in [0.25, 0.3) is 0 Å². The van der Waals surface area contributed by atoms with Crippen molar-refractivity contribution in [1.82, 2.24) is 5.32 Å². The van der Waals surface area contributed by atoms with Crippen LogP contribution in [0.3, 0.4) is 0 Å². The molecule has 0 unspecified atom stereocenters. The van der Waals surface area contributed by atoms with E-state index < -0.39 is 5.91 Å². The van der Waals surface area contributed by atoms with Crippen LogP contribution in [0.25, 0.3) is 6.08 Å². The minimum atomic E-state index is -0.409. The fraction of sp³-hybridized carbons (Fsp3) is 0.150. The van der Waals surface area contributed by atoms with Gasteiger partial charge >= 0.3 is 0 Å². The molecule has 146 valence electrons. The second kappa shape index (κ2) is 10.2. The molecule has 0 aliphatic heterocycles. The third-order valence-electron chi connectivity index (χ3n) is 3.53. The maximum atomic E-state index is 12.0. The second-order valence-electron chi connectivity index (χ2n) is 6.17. The van der Waals surface area contributed by atoms with E-state index >= 15 is 0 Å². The number of hydrogen-bond acceptors (Lipinski definition) is 3. The lowest BCUT2D eigenvalue weighted by Crippen LogP contribution is -2.32. The second-order valence-corrected chi connectivity index (χ2v) is 7.42. The predicted molar refractivity (Wildman–Crippen MR) is 120 cm³/mol. The highest BCUT2D eigenvalue weighted by Gasteiger charge is 2.08. The van der Waals surface area contributed by atoms with Gasteiger partial charge in [-0.05, 0) is 54.2 Å². The number of rotatable bonds is 5. The normalized spacial score (nSPS) is 10.8. The molecular weight excluding hydrogens is 417 g/mol. The highest BCUT2D eigenvalue weighted by Crippen LogP contribution is 2.22. The Kier molecular flexibility index (Phi) is 7.99. The summed E-state index contributed by atoms with van der Waals surface area (Å²) in [6, 6.07) is 12.0. The third kappa shape index (κ3) is 6.96. The Morgan fingerprint density at radius 2 is 1.71 bits per heavy atom. The molecule has 0 aliphatic carbocycles. The Labute approximate surface area is 179 Å². The topological polar surface area (TPSA) is 70.2 Å². The molecule has 0 spiro atoms. The van der Waals surface area contributed by atoms with Gasteiger partial charge in [0.15, 0.2) is 5.11 Å². The Morgan fingerprint density at radius 1 is 1.04 bits per heavy atom. The molecule has 0 aromatic heterocycles. The highest BCUT2D eigenvalue weighted by atomic mass is 35.5. The number of amides is 2. The van der Waals surface area contributed by atoms with Crippen LogP contribution in [0.4, 0.5) is 11.4 Å². The van der Waals surface area contributed by atoms with E-state index in [0.717, 1.165) is 0 Å². The van der Waals surface area contributed by atoms with Crippen LogP contribution >= 0.6 is 35.4 Å². The van der Waals surface area contributed by atoms with Crippen molar-refractivity contribution in [1.29, 1.82) is 0 Å². The maximum absolute atomic E-state index is 12.0. The van der Waals surface area contributed by atoms with Crippen LogP contribution in [0.5, 0.6) is 0 Å². The summed E-state index contributed by atoms with van der Waals surface area (Å²) in [7, 11) is 0. The highest BCUT2D eigenvalue weighted by molar-refractivity contribution is 7.80. The Hall–Kier alpha value is -2.41.